The van der Waals surface area contributed by atoms with Crippen molar-refractivity contribution in [3.63, 3.8) is 0 Å². The minimum atomic E-state index is -0.223. The Morgan fingerprint density at radius 2 is 1.81 bits per heavy atom. The first kappa shape index (κ1) is 17.9. The number of pyridine rings is 1. The molecule has 4 aromatic rings. The summed E-state index contributed by atoms with van der Waals surface area (Å²) in [6, 6.07) is 16.3. The zero-order valence-corrected chi connectivity index (χ0v) is 16.3. The van der Waals surface area contributed by atoms with E-state index in [9.17, 15) is 4.79 Å². The van der Waals surface area contributed by atoms with Gasteiger partial charge in [-0.3, -0.25) is 14.7 Å². The number of hydrogen-bond acceptors (Lipinski definition) is 4. The number of carbonyl (C=O) groups is 1. The Balaban J connectivity index is 1.81. The van der Waals surface area contributed by atoms with E-state index in [0.29, 0.717) is 32.8 Å². The molecule has 0 bridgehead atoms. The van der Waals surface area contributed by atoms with Crippen molar-refractivity contribution < 1.29 is 4.79 Å². The number of carbonyl (C=O) groups excluding carboxylic acids is 1. The fourth-order valence-electron chi connectivity index (χ4n) is 2.70. The second-order valence-corrected chi connectivity index (χ2v) is 7.64. The molecule has 0 radical (unpaired) electrons. The molecule has 2 heterocycles. The molecule has 134 valence electrons. The number of aromatic nitrogens is 2. The maximum atomic E-state index is 13.3. The van der Waals surface area contributed by atoms with Crippen molar-refractivity contribution in [3.05, 3.63) is 88.2 Å². The van der Waals surface area contributed by atoms with E-state index in [2.05, 4.69) is 9.97 Å². The van der Waals surface area contributed by atoms with Gasteiger partial charge in [-0.05, 0) is 35.9 Å². The molecule has 27 heavy (non-hydrogen) atoms. The van der Waals surface area contributed by atoms with Gasteiger partial charge in [0.1, 0.15) is 5.52 Å². The van der Waals surface area contributed by atoms with Crippen molar-refractivity contribution in [1.29, 1.82) is 0 Å². The topological polar surface area (TPSA) is 46.1 Å². The smallest absolute Gasteiger partial charge is 0.261 e. The lowest BCUT2D eigenvalue weighted by atomic mass is 10.2. The van der Waals surface area contributed by atoms with Gasteiger partial charge in [-0.1, -0.05) is 58.8 Å². The molecule has 4 nitrogen and oxygen atoms in total. The van der Waals surface area contributed by atoms with Crippen LogP contribution in [0.15, 0.2) is 67.0 Å². The number of benzene rings is 2. The van der Waals surface area contributed by atoms with Crippen molar-refractivity contribution in [2.75, 3.05) is 4.90 Å². The third-order valence-corrected chi connectivity index (χ3v) is 5.68. The van der Waals surface area contributed by atoms with Crippen LogP contribution in [-0.2, 0) is 6.54 Å². The van der Waals surface area contributed by atoms with Crippen molar-refractivity contribution in [3.8, 4) is 0 Å². The second-order valence-electron chi connectivity index (χ2n) is 5.82. The number of fused-ring (bicyclic) bond motifs is 1. The second kappa shape index (κ2) is 7.64. The third-order valence-electron chi connectivity index (χ3n) is 4.00. The van der Waals surface area contributed by atoms with Crippen LogP contribution in [0.5, 0.6) is 0 Å². The summed E-state index contributed by atoms with van der Waals surface area (Å²) in [4.78, 5) is 23.6. The fourth-order valence-corrected chi connectivity index (χ4v) is 4.18. The molecule has 0 atom stereocenters. The summed E-state index contributed by atoms with van der Waals surface area (Å²) in [7, 11) is 0. The highest BCUT2D eigenvalue weighted by Crippen LogP contribution is 2.34. The summed E-state index contributed by atoms with van der Waals surface area (Å²) in [5.74, 6) is -0.223. The number of hydrogen-bond donors (Lipinski definition) is 0. The van der Waals surface area contributed by atoms with Crippen molar-refractivity contribution >= 4 is 55.8 Å². The van der Waals surface area contributed by atoms with E-state index in [1.165, 1.54) is 11.3 Å². The Bertz CT molecular complexity index is 1110. The lowest BCUT2D eigenvalue weighted by Crippen LogP contribution is -2.30. The molecule has 0 fully saturated rings. The van der Waals surface area contributed by atoms with Gasteiger partial charge in [0, 0.05) is 12.4 Å². The van der Waals surface area contributed by atoms with Gasteiger partial charge in [-0.15, -0.1) is 0 Å². The van der Waals surface area contributed by atoms with E-state index in [1.54, 1.807) is 47.6 Å². The van der Waals surface area contributed by atoms with E-state index in [4.69, 9.17) is 23.2 Å². The van der Waals surface area contributed by atoms with Crippen LogP contribution in [0.2, 0.25) is 10.0 Å². The van der Waals surface area contributed by atoms with Gasteiger partial charge >= 0.3 is 0 Å². The minimum Gasteiger partial charge on any atom is -0.279 e. The van der Waals surface area contributed by atoms with Crippen LogP contribution in [0.25, 0.3) is 10.2 Å². The highest BCUT2D eigenvalue weighted by atomic mass is 35.5. The molecular weight excluding hydrogens is 401 g/mol. The molecule has 0 aliphatic carbocycles. The Labute approximate surface area is 170 Å². The Morgan fingerprint density at radius 3 is 2.56 bits per heavy atom. The molecule has 2 aromatic heterocycles. The van der Waals surface area contributed by atoms with Gasteiger partial charge in [0.05, 0.1) is 26.9 Å². The first-order chi connectivity index (χ1) is 13.1. The standard InChI is InChI=1S/C20H13Cl2N3OS/c21-15-7-2-1-6-14(15)19(26)25(12-13-5-4-10-23-11-13)20-24-18-16(22)8-3-9-17(18)27-20/h1-11H,12H2. The molecule has 7 heteroatoms. The largest absolute Gasteiger partial charge is 0.279 e. The molecule has 0 N–H and O–H groups in total. The molecule has 0 unspecified atom stereocenters. The number of halogens is 2. The van der Waals surface area contributed by atoms with Gasteiger partial charge in [-0.25, -0.2) is 4.98 Å². The maximum absolute atomic E-state index is 13.3. The zero-order chi connectivity index (χ0) is 18.8. The van der Waals surface area contributed by atoms with Gasteiger partial charge in [0.15, 0.2) is 5.13 Å². The summed E-state index contributed by atoms with van der Waals surface area (Å²) in [5, 5.41) is 1.52. The molecule has 0 saturated heterocycles. The molecule has 0 aliphatic rings. The SMILES string of the molecule is O=C(c1ccccc1Cl)N(Cc1cccnc1)c1nc2c(Cl)cccc2s1. The van der Waals surface area contributed by atoms with E-state index in [1.807, 2.05) is 24.3 Å². The Hall–Kier alpha value is -2.47. The predicted octanol–water partition coefficient (Wildman–Crippen LogP) is 5.85. The van der Waals surface area contributed by atoms with Crippen LogP contribution in [0.1, 0.15) is 15.9 Å². The lowest BCUT2D eigenvalue weighted by molar-refractivity contribution is 0.0985. The number of amides is 1. The number of thiazole rings is 1. The molecule has 2 aromatic carbocycles. The number of rotatable bonds is 4. The number of para-hydroxylation sites is 1. The van der Waals surface area contributed by atoms with Crippen LogP contribution >= 0.6 is 34.5 Å². The Morgan fingerprint density at radius 1 is 1.00 bits per heavy atom. The highest BCUT2D eigenvalue weighted by Gasteiger charge is 2.24. The summed E-state index contributed by atoms with van der Waals surface area (Å²) < 4.78 is 0.917. The molecule has 4 rings (SSSR count). The van der Waals surface area contributed by atoms with Crippen LogP contribution in [-0.4, -0.2) is 15.9 Å². The highest BCUT2D eigenvalue weighted by molar-refractivity contribution is 7.22. The molecular formula is C20H13Cl2N3OS. The van der Waals surface area contributed by atoms with E-state index >= 15 is 0 Å². The van der Waals surface area contributed by atoms with E-state index < -0.39 is 0 Å². The summed E-state index contributed by atoms with van der Waals surface area (Å²) >= 11 is 13.9. The van der Waals surface area contributed by atoms with Crippen LogP contribution in [0.4, 0.5) is 5.13 Å². The first-order valence-electron chi connectivity index (χ1n) is 8.14. The van der Waals surface area contributed by atoms with E-state index in [0.717, 1.165) is 10.3 Å². The maximum Gasteiger partial charge on any atom is 0.261 e. The summed E-state index contributed by atoms with van der Waals surface area (Å²) in [6.45, 7) is 0.329. The zero-order valence-electron chi connectivity index (χ0n) is 14.0. The van der Waals surface area contributed by atoms with Crippen molar-refractivity contribution in [2.24, 2.45) is 0 Å². The normalized spacial score (nSPS) is 10.9. The van der Waals surface area contributed by atoms with Gasteiger partial charge in [-0.2, -0.15) is 0 Å². The average molecular weight is 414 g/mol. The summed E-state index contributed by atoms with van der Waals surface area (Å²) in [6.07, 6.45) is 3.42. The first-order valence-corrected chi connectivity index (χ1v) is 9.71. The quantitative estimate of drug-likeness (QED) is 0.421. The monoisotopic (exact) mass is 413 g/mol. The predicted molar refractivity (Wildman–Crippen MR) is 111 cm³/mol. The number of anilines is 1. The average Bonchev–Trinajstić information content (AvgIpc) is 3.12. The van der Waals surface area contributed by atoms with E-state index in [-0.39, 0.29) is 5.91 Å². The molecule has 0 saturated carbocycles. The molecule has 1 amide bonds. The van der Waals surface area contributed by atoms with Crippen LogP contribution in [0.3, 0.4) is 0 Å². The van der Waals surface area contributed by atoms with Crippen molar-refractivity contribution in [2.45, 2.75) is 6.54 Å². The Kier molecular flexibility index (Phi) is 5.07. The lowest BCUT2D eigenvalue weighted by Gasteiger charge is -2.20. The van der Waals surface area contributed by atoms with Gasteiger partial charge < -0.3 is 0 Å². The van der Waals surface area contributed by atoms with Crippen molar-refractivity contribution in [1.82, 2.24) is 9.97 Å². The van der Waals surface area contributed by atoms with Crippen LogP contribution in [0, 0.1) is 0 Å². The fraction of sp³-hybridized carbons (Fsp3) is 0.0500. The minimum absolute atomic E-state index is 0.223. The van der Waals surface area contributed by atoms with Crippen LogP contribution < -0.4 is 4.90 Å². The van der Waals surface area contributed by atoms with Gasteiger partial charge in [0.25, 0.3) is 5.91 Å². The summed E-state index contributed by atoms with van der Waals surface area (Å²) in [5.41, 5.74) is 2.00. The molecule has 0 spiro atoms. The molecule has 0 aliphatic heterocycles. The van der Waals surface area contributed by atoms with Gasteiger partial charge in [0.2, 0.25) is 0 Å². The third kappa shape index (κ3) is 3.67. The number of nitrogens with zero attached hydrogens (tertiary/aromatic N) is 3.